The number of urea groups is 1. The Morgan fingerprint density at radius 2 is 1.76 bits per heavy atom. The topological polar surface area (TPSA) is 56.8 Å². The van der Waals surface area contributed by atoms with E-state index in [0.717, 1.165) is 63.2 Å². The fourth-order valence-electron chi connectivity index (χ4n) is 5.05. The van der Waals surface area contributed by atoms with E-state index in [-0.39, 0.29) is 24.0 Å². The predicted octanol–water partition coefficient (Wildman–Crippen LogP) is 4.55. The first-order valence-corrected chi connectivity index (χ1v) is 12.5. The highest BCUT2D eigenvalue weighted by Crippen LogP contribution is 2.31. The molecule has 2 N–H and O–H groups in total. The summed E-state index contributed by atoms with van der Waals surface area (Å²) in [6.45, 7) is 8.55. The highest BCUT2D eigenvalue weighted by Gasteiger charge is 2.29. The molecular weight excluding hydrogens is 431 g/mol. The summed E-state index contributed by atoms with van der Waals surface area (Å²) in [6.07, 6.45) is 4.34. The fourth-order valence-corrected chi connectivity index (χ4v) is 5.05. The molecule has 34 heavy (non-hydrogen) atoms. The average Bonchev–Trinajstić information content (AvgIpc) is 2.84. The first kappa shape index (κ1) is 24.3. The Morgan fingerprint density at radius 3 is 2.47 bits per heavy atom. The Kier molecular flexibility index (Phi) is 8.27. The van der Waals surface area contributed by atoms with Gasteiger partial charge in [0.2, 0.25) is 0 Å². The second-order valence-electron chi connectivity index (χ2n) is 9.62. The lowest BCUT2D eigenvalue weighted by molar-refractivity contribution is 0.136. The molecule has 6 nitrogen and oxygen atoms in total. The second-order valence-corrected chi connectivity index (χ2v) is 9.62. The number of amides is 2. The van der Waals surface area contributed by atoms with Gasteiger partial charge in [0.1, 0.15) is 11.6 Å². The number of anilines is 1. The largest absolute Gasteiger partial charge is 0.489 e. The number of nitrogens with zero attached hydrogens (tertiary/aromatic N) is 2. The lowest BCUT2D eigenvalue weighted by atomic mass is 9.90. The lowest BCUT2D eigenvalue weighted by Gasteiger charge is -2.43. The molecule has 1 aliphatic carbocycles. The van der Waals surface area contributed by atoms with Gasteiger partial charge in [-0.25, -0.2) is 9.18 Å². The number of para-hydroxylation sites is 2. The number of benzene rings is 2. The van der Waals surface area contributed by atoms with Crippen LogP contribution in [0.15, 0.2) is 48.5 Å². The van der Waals surface area contributed by atoms with Crippen molar-refractivity contribution in [3.05, 3.63) is 59.9 Å². The number of ether oxygens (including phenoxy) is 1. The molecule has 1 aliphatic heterocycles. The van der Waals surface area contributed by atoms with Crippen LogP contribution in [0.2, 0.25) is 0 Å². The van der Waals surface area contributed by atoms with Gasteiger partial charge in [0.05, 0.1) is 11.8 Å². The SMILES string of the molecule is CC(C)Oc1ccccc1N1CCN([C@H]2CC[C@@H](NC(=O)NCc3cccc(F)c3)CC2)CC1. The molecule has 1 heterocycles. The summed E-state index contributed by atoms with van der Waals surface area (Å²) in [5.74, 6) is 0.681. The van der Waals surface area contributed by atoms with Crippen LogP contribution in [0.25, 0.3) is 0 Å². The van der Waals surface area contributed by atoms with E-state index in [9.17, 15) is 9.18 Å². The third kappa shape index (κ3) is 6.63. The molecule has 0 unspecified atom stereocenters. The Hall–Kier alpha value is -2.80. The van der Waals surface area contributed by atoms with E-state index < -0.39 is 0 Å². The molecule has 1 saturated heterocycles. The van der Waals surface area contributed by atoms with Gasteiger partial charge in [-0.2, -0.15) is 0 Å². The summed E-state index contributed by atoms with van der Waals surface area (Å²) in [6, 6.07) is 15.3. The zero-order valence-corrected chi connectivity index (χ0v) is 20.3. The lowest BCUT2D eigenvalue weighted by Crippen LogP contribution is -2.52. The van der Waals surface area contributed by atoms with E-state index in [4.69, 9.17) is 4.74 Å². The molecule has 0 aromatic heterocycles. The fraction of sp³-hybridized carbons (Fsp3) is 0.519. The van der Waals surface area contributed by atoms with Crippen LogP contribution in [-0.2, 0) is 6.54 Å². The van der Waals surface area contributed by atoms with Crippen LogP contribution in [0.1, 0.15) is 45.1 Å². The van der Waals surface area contributed by atoms with E-state index >= 15 is 0 Å². The normalized spacial score (nSPS) is 21.4. The molecule has 0 bridgehead atoms. The zero-order chi connectivity index (χ0) is 23.9. The molecule has 184 valence electrons. The van der Waals surface area contributed by atoms with Crippen molar-refractivity contribution in [3.63, 3.8) is 0 Å². The Labute approximate surface area is 202 Å². The minimum Gasteiger partial charge on any atom is -0.489 e. The first-order chi connectivity index (χ1) is 16.5. The molecule has 0 spiro atoms. The smallest absolute Gasteiger partial charge is 0.315 e. The highest BCUT2D eigenvalue weighted by atomic mass is 19.1. The maximum atomic E-state index is 13.3. The molecule has 0 radical (unpaired) electrons. The van der Waals surface area contributed by atoms with Gasteiger partial charge >= 0.3 is 6.03 Å². The van der Waals surface area contributed by atoms with Gasteiger partial charge in [0, 0.05) is 44.8 Å². The monoisotopic (exact) mass is 468 g/mol. The van der Waals surface area contributed by atoms with Gasteiger partial charge < -0.3 is 20.3 Å². The molecule has 0 atom stereocenters. The maximum absolute atomic E-state index is 13.3. The molecule has 2 aromatic carbocycles. The minimum absolute atomic E-state index is 0.162. The van der Waals surface area contributed by atoms with Crippen LogP contribution in [-0.4, -0.2) is 55.3 Å². The highest BCUT2D eigenvalue weighted by molar-refractivity contribution is 5.74. The van der Waals surface area contributed by atoms with E-state index in [1.807, 2.05) is 12.1 Å². The molecule has 2 aromatic rings. The number of piperazine rings is 1. The standard InChI is InChI=1S/C27H37FN4O2/c1-20(2)34-26-9-4-3-8-25(26)32-16-14-31(15-17-32)24-12-10-23(11-13-24)30-27(33)29-19-21-6-5-7-22(28)18-21/h3-9,18,20,23-24H,10-17,19H2,1-2H3,(H2,29,30,33)/t23-,24+. The summed E-state index contributed by atoms with van der Waals surface area (Å²) in [4.78, 5) is 17.3. The summed E-state index contributed by atoms with van der Waals surface area (Å²) in [5, 5.41) is 5.93. The van der Waals surface area contributed by atoms with Gasteiger partial charge in [-0.05, 0) is 69.4 Å². The molecule has 2 amide bonds. The van der Waals surface area contributed by atoms with Crippen molar-refractivity contribution >= 4 is 11.7 Å². The van der Waals surface area contributed by atoms with Crippen molar-refractivity contribution < 1.29 is 13.9 Å². The number of hydrogen-bond acceptors (Lipinski definition) is 4. The van der Waals surface area contributed by atoms with Crippen molar-refractivity contribution in [3.8, 4) is 5.75 Å². The number of halogens is 1. The number of carbonyl (C=O) groups is 1. The molecule has 7 heteroatoms. The van der Waals surface area contributed by atoms with E-state index in [0.29, 0.717) is 12.6 Å². The summed E-state index contributed by atoms with van der Waals surface area (Å²) in [5.41, 5.74) is 1.95. The van der Waals surface area contributed by atoms with Gasteiger partial charge in [-0.1, -0.05) is 24.3 Å². The third-order valence-corrected chi connectivity index (χ3v) is 6.77. The van der Waals surface area contributed by atoms with Gasteiger partial charge in [-0.3, -0.25) is 4.90 Å². The minimum atomic E-state index is -0.285. The summed E-state index contributed by atoms with van der Waals surface area (Å²) in [7, 11) is 0. The second kappa shape index (κ2) is 11.6. The number of hydrogen-bond donors (Lipinski definition) is 2. The first-order valence-electron chi connectivity index (χ1n) is 12.5. The van der Waals surface area contributed by atoms with Crippen LogP contribution in [0.5, 0.6) is 5.75 Å². The van der Waals surface area contributed by atoms with E-state index in [2.05, 4.69) is 52.5 Å². The van der Waals surface area contributed by atoms with Gasteiger partial charge in [0.25, 0.3) is 0 Å². The number of rotatable bonds is 7. The van der Waals surface area contributed by atoms with Crippen molar-refractivity contribution in [1.29, 1.82) is 0 Å². The van der Waals surface area contributed by atoms with E-state index in [1.165, 1.54) is 17.8 Å². The Balaban J connectivity index is 1.19. The van der Waals surface area contributed by atoms with Crippen LogP contribution >= 0.6 is 0 Å². The van der Waals surface area contributed by atoms with Crippen molar-refractivity contribution in [2.75, 3.05) is 31.1 Å². The summed E-state index contributed by atoms with van der Waals surface area (Å²) < 4.78 is 19.3. The van der Waals surface area contributed by atoms with E-state index in [1.54, 1.807) is 6.07 Å². The maximum Gasteiger partial charge on any atom is 0.315 e. The molecule has 2 fully saturated rings. The quantitative estimate of drug-likeness (QED) is 0.626. The number of carbonyl (C=O) groups excluding carboxylic acids is 1. The zero-order valence-electron chi connectivity index (χ0n) is 20.3. The van der Waals surface area contributed by atoms with Crippen molar-refractivity contribution in [2.24, 2.45) is 0 Å². The molecule has 4 rings (SSSR count). The van der Waals surface area contributed by atoms with Crippen molar-refractivity contribution in [1.82, 2.24) is 15.5 Å². The van der Waals surface area contributed by atoms with Gasteiger partial charge in [-0.15, -0.1) is 0 Å². The summed E-state index contributed by atoms with van der Waals surface area (Å²) >= 11 is 0. The van der Waals surface area contributed by atoms with Crippen molar-refractivity contribution in [2.45, 2.75) is 64.3 Å². The van der Waals surface area contributed by atoms with Crippen LogP contribution in [0, 0.1) is 5.82 Å². The molecular formula is C27H37FN4O2. The number of nitrogens with one attached hydrogen (secondary N) is 2. The van der Waals surface area contributed by atoms with Crippen LogP contribution in [0.3, 0.4) is 0 Å². The predicted molar refractivity (Wildman–Crippen MR) is 134 cm³/mol. The third-order valence-electron chi connectivity index (χ3n) is 6.77. The molecule has 2 aliphatic rings. The Morgan fingerprint density at radius 1 is 1.03 bits per heavy atom. The van der Waals surface area contributed by atoms with Crippen LogP contribution in [0.4, 0.5) is 14.9 Å². The Bertz CT molecular complexity index is 938. The van der Waals surface area contributed by atoms with Crippen LogP contribution < -0.4 is 20.3 Å². The van der Waals surface area contributed by atoms with Gasteiger partial charge in [0.15, 0.2) is 0 Å². The molecule has 1 saturated carbocycles. The average molecular weight is 469 g/mol.